The minimum Gasteiger partial charge on any atom is -0.394 e. The van der Waals surface area contributed by atoms with E-state index in [4.69, 9.17) is 5.73 Å². The number of nitrogens with two attached hydrogens (primary N) is 1. The zero-order valence-corrected chi connectivity index (χ0v) is 22.6. The molecule has 1 aromatic carbocycles. The Hall–Kier alpha value is -2.76. The molecule has 0 radical (unpaired) electrons. The first-order valence-electron chi connectivity index (χ1n) is 13.1. The molecule has 2 heterocycles. The summed E-state index contributed by atoms with van der Waals surface area (Å²) in [6.45, 7) is 8.08. The number of nitrogens with one attached hydrogen (secondary N) is 3. The first-order chi connectivity index (χ1) is 17.9. The summed E-state index contributed by atoms with van der Waals surface area (Å²) < 4.78 is 0. The summed E-state index contributed by atoms with van der Waals surface area (Å²) in [5, 5.41) is 18.4. The SMILES string of the molecule is CCCC(CO)NC(=O)/C(N)=C1\S[C@H](CNc2ccc(C(=O)NCCN3CCCC3)cc2)C(=O)N1CC. The maximum Gasteiger partial charge on any atom is 0.270 e. The average Bonchev–Trinajstić information content (AvgIpc) is 3.54. The minimum absolute atomic E-state index is 0.0163. The molecular weight excluding hydrogens is 492 g/mol. The van der Waals surface area contributed by atoms with Gasteiger partial charge in [-0.1, -0.05) is 25.1 Å². The molecule has 0 aromatic heterocycles. The van der Waals surface area contributed by atoms with Gasteiger partial charge in [0.05, 0.1) is 12.6 Å². The number of benzene rings is 1. The van der Waals surface area contributed by atoms with E-state index < -0.39 is 11.2 Å². The molecule has 0 spiro atoms. The molecule has 3 amide bonds. The van der Waals surface area contributed by atoms with Crippen molar-refractivity contribution in [3.63, 3.8) is 0 Å². The van der Waals surface area contributed by atoms with Crippen molar-refractivity contribution in [2.24, 2.45) is 5.73 Å². The van der Waals surface area contributed by atoms with Gasteiger partial charge in [0.1, 0.15) is 16.0 Å². The second kappa shape index (κ2) is 14.3. The van der Waals surface area contributed by atoms with E-state index in [9.17, 15) is 19.5 Å². The highest BCUT2D eigenvalue weighted by molar-refractivity contribution is 8.04. The molecule has 1 aromatic rings. The van der Waals surface area contributed by atoms with Crippen LogP contribution in [-0.2, 0) is 9.59 Å². The van der Waals surface area contributed by atoms with Crippen LogP contribution in [0.4, 0.5) is 5.69 Å². The van der Waals surface area contributed by atoms with E-state index in [-0.39, 0.29) is 30.2 Å². The Balaban J connectivity index is 1.53. The number of aliphatic hydroxyl groups is 1. The Labute approximate surface area is 223 Å². The van der Waals surface area contributed by atoms with Gasteiger partial charge in [0.2, 0.25) is 5.91 Å². The average molecular weight is 533 g/mol. The van der Waals surface area contributed by atoms with E-state index >= 15 is 0 Å². The maximum atomic E-state index is 13.0. The maximum absolute atomic E-state index is 13.0. The molecule has 2 fully saturated rings. The van der Waals surface area contributed by atoms with Crippen molar-refractivity contribution in [2.45, 2.75) is 50.8 Å². The molecule has 204 valence electrons. The number of hydrogen-bond acceptors (Lipinski definition) is 8. The Morgan fingerprint density at radius 2 is 1.89 bits per heavy atom. The molecule has 0 aliphatic carbocycles. The number of aliphatic hydroxyl groups excluding tert-OH is 1. The van der Waals surface area contributed by atoms with Crippen LogP contribution in [0.2, 0.25) is 0 Å². The summed E-state index contributed by atoms with van der Waals surface area (Å²) in [4.78, 5) is 41.9. The molecule has 0 bridgehead atoms. The Kier molecular flexibility index (Phi) is 11.1. The molecule has 1 unspecified atom stereocenters. The third kappa shape index (κ3) is 7.86. The van der Waals surface area contributed by atoms with Crippen LogP contribution in [0.3, 0.4) is 0 Å². The minimum atomic E-state index is -0.482. The Morgan fingerprint density at radius 1 is 1.19 bits per heavy atom. The topological polar surface area (TPSA) is 140 Å². The molecule has 37 heavy (non-hydrogen) atoms. The lowest BCUT2D eigenvalue weighted by molar-refractivity contribution is -0.127. The number of anilines is 1. The Bertz CT molecular complexity index is 964. The van der Waals surface area contributed by atoms with Crippen LogP contribution < -0.4 is 21.7 Å². The lowest BCUT2D eigenvalue weighted by Crippen LogP contribution is -2.41. The lowest BCUT2D eigenvalue weighted by atomic mass is 10.2. The molecular formula is C26H40N6O4S. The number of thioether (sulfide) groups is 1. The van der Waals surface area contributed by atoms with E-state index in [1.807, 2.05) is 26.0 Å². The quantitative estimate of drug-likeness (QED) is 0.240. The fourth-order valence-electron chi connectivity index (χ4n) is 4.46. The van der Waals surface area contributed by atoms with Gasteiger partial charge in [-0.3, -0.25) is 14.4 Å². The van der Waals surface area contributed by atoms with Gasteiger partial charge >= 0.3 is 0 Å². The number of nitrogens with zero attached hydrogens (tertiary/aromatic N) is 2. The molecule has 2 aliphatic rings. The van der Waals surface area contributed by atoms with Crippen molar-refractivity contribution in [1.29, 1.82) is 0 Å². The van der Waals surface area contributed by atoms with Crippen LogP contribution in [0.15, 0.2) is 35.0 Å². The summed E-state index contributed by atoms with van der Waals surface area (Å²) in [6.07, 6.45) is 3.91. The van der Waals surface area contributed by atoms with Crippen LogP contribution >= 0.6 is 11.8 Å². The summed E-state index contributed by atoms with van der Waals surface area (Å²) >= 11 is 1.26. The molecule has 10 nitrogen and oxygen atoms in total. The first kappa shape index (κ1) is 28.8. The van der Waals surface area contributed by atoms with E-state index in [0.29, 0.717) is 36.6 Å². The predicted molar refractivity (Wildman–Crippen MR) is 147 cm³/mol. The van der Waals surface area contributed by atoms with Crippen LogP contribution in [0.1, 0.15) is 49.9 Å². The molecule has 0 saturated carbocycles. The molecule has 2 saturated heterocycles. The second-order valence-electron chi connectivity index (χ2n) is 9.31. The largest absolute Gasteiger partial charge is 0.394 e. The lowest BCUT2D eigenvalue weighted by Gasteiger charge is -2.19. The van der Waals surface area contributed by atoms with Gasteiger partial charge < -0.3 is 36.6 Å². The third-order valence-corrected chi connectivity index (χ3v) is 7.89. The zero-order valence-electron chi connectivity index (χ0n) is 21.8. The van der Waals surface area contributed by atoms with Crippen LogP contribution in [0.25, 0.3) is 0 Å². The van der Waals surface area contributed by atoms with Crippen molar-refractivity contribution in [3.05, 3.63) is 40.6 Å². The predicted octanol–water partition coefficient (Wildman–Crippen LogP) is 1.29. The highest BCUT2D eigenvalue weighted by atomic mass is 32.2. The Morgan fingerprint density at radius 3 is 2.51 bits per heavy atom. The van der Waals surface area contributed by atoms with Gasteiger partial charge in [-0.25, -0.2) is 0 Å². The van der Waals surface area contributed by atoms with Crippen molar-refractivity contribution >= 4 is 35.2 Å². The highest BCUT2D eigenvalue weighted by Gasteiger charge is 2.38. The van der Waals surface area contributed by atoms with E-state index in [1.165, 1.54) is 29.5 Å². The fourth-order valence-corrected chi connectivity index (χ4v) is 5.69. The van der Waals surface area contributed by atoms with Gasteiger partial charge in [-0.15, -0.1) is 0 Å². The number of amides is 3. The molecule has 2 aliphatic heterocycles. The molecule has 2 atom stereocenters. The summed E-state index contributed by atoms with van der Waals surface area (Å²) in [5.74, 6) is -0.701. The summed E-state index contributed by atoms with van der Waals surface area (Å²) in [5.41, 5.74) is 7.51. The van der Waals surface area contributed by atoms with Gasteiger partial charge in [-0.05, 0) is 63.5 Å². The van der Waals surface area contributed by atoms with Gasteiger partial charge in [0.15, 0.2) is 0 Å². The molecule has 6 N–H and O–H groups in total. The van der Waals surface area contributed by atoms with E-state index in [0.717, 1.165) is 31.7 Å². The van der Waals surface area contributed by atoms with Gasteiger partial charge in [0.25, 0.3) is 11.8 Å². The number of carbonyl (C=O) groups excluding carboxylic acids is 3. The van der Waals surface area contributed by atoms with Crippen LogP contribution in [-0.4, -0.2) is 89.8 Å². The standard InChI is InChI=1S/C26H40N6O4S/c1-3-7-20(17-33)30-24(35)22(27)26-32(4-2)25(36)21(37-26)16-29-19-10-8-18(9-11-19)23(34)28-12-15-31-13-5-6-14-31/h8-11,20-21,29,33H,3-7,12-17,27H2,1-2H3,(H,28,34)(H,30,35)/b26-22+/t20?,21-/m1/s1. The number of rotatable bonds is 13. The highest BCUT2D eigenvalue weighted by Crippen LogP contribution is 2.36. The van der Waals surface area contributed by atoms with E-state index in [2.05, 4.69) is 20.9 Å². The summed E-state index contributed by atoms with van der Waals surface area (Å²) in [6, 6.07) is 6.78. The smallest absolute Gasteiger partial charge is 0.270 e. The normalized spacial score (nSPS) is 20.1. The fraction of sp³-hybridized carbons (Fsp3) is 0.577. The van der Waals surface area contributed by atoms with Crippen molar-refractivity contribution in [1.82, 2.24) is 20.4 Å². The molecule has 3 rings (SSSR count). The van der Waals surface area contributed by atoms with Gasteiger partial charge in [-0.2, -0.15) is 0 Å². The summed E-state index contributed by atoms with van der Waals surface area (Å²) in [7, 11) is 0. The second-order valence-corrected chi connectivity index (χ2v) is 10.5. The zero-order chi connectivity index (χ0) is 26.8. The number of likely N-dealkylation sites (tertiary alicyclic amines) is 1. The van der Waals surface area contributed by atoms with Crippen molar-refractivity contribution in [2.75, 3.05) is 51.2 Å². The van der Waals surface area contributed by atoms with Gasteiger partial charge in [0, 0.05) is 37.4 Å². The third-order valence-electron chi connectivity index (χ3n) is 6.58. The van der Waals surface area contributed by atoms with Crippen LogP contribution in [0, 0.1) is 0 Å². The van der Waals surface area contributed by atoms with Crippen molar-refractivity contribution in [3.8, 4) is 0 Å². The molecule has 11 heteroatoms. The first-order valence-corrected chi connectivity index (χ1v) is 14.0. The van der Waals surface area contributed by atoms with E-state index in [1.54, 1.807) is 12.1 Å². The van der Waals surface area contributed by atoms with Crippen LogP contribution in [0.5, 0.6) is 0 Å². The number of carbonyl (C=O) groups is 3. The van der Waals surface area contributed by atoms with Crippen molar-refractivity contribution < 1.29 is 19.5 Å². The monoisotopic (exact) mass is 532 g/mol. The number of hydrogen-bond donors (Lipinski definition) is 5.